The first-order chi connectivity index (χ1) is 12.4. The van der Waals surface area contributed by atoms with Crippen LogP contribution < -0.4 is 10.6 Å². The summed E-state index contributed by atoms with van der Waals surface area (Å²) < 4.78 is 26.9. The van der Waals surface area contributed by atoms with Gasteiger partial charge in [-0.05, 0) is 56.4 Å². The van der Waals surface area contributed by atoms with E-state index < -0.39 is 10.0 Å². The average Bonchev–Trinajstić information content (AvgIpc) is 2.54. The normalized spacial score (nSPS) is 19.6. The van der Waals surface area contributed by atoms with Gasteiger partial charge in [0, 0.05) is 37.8 Å². The van der Waals surface area contributed by atoms with Gasteiger partial charge >= 0.3 is 0 Å². The molecule has 2 fully saturated rings. The maximum Gasteiger partial charge on any atom is 0.243 e. The predicted molar refractivity (Wildman–Crippen MR) is 104 cm³/mol. The highest BCUT2D eigenvalue weighted by Gasteiger charge is 2.27. The van der Waals surface area contributed by atoms with Crippen LogP contribution in [0.5, 0.6) is 0 Å². The van der Waals surface area contributed by atoms with Gasteiger partial charge in [0.1, 0.15) is 0 Å². The number of benzene rings is 1. The molecule has 1 saturated heterocycles. The molecule has 0 atom stereocenters. The van der Waals surface area contributed by atoms with Crippen molar-refractivity contribution in [3.05, 3.63) is 24.3 Å². The number of sulfonamides is 1. The van der Waals surface area contributed by atoms with Gasteiger partial charge in [-0.2, -0.15) is 4.31 Å². The molecule has 0 unspecified atom stereocenters. The van der Waals surface area contributed by atoms with Gasteiger partial charge in [-0.1, -0.05) is 6.42 Å². The average molecular weight is 397 g/mol. The monoisotopic (exact) mass is 396 g/mol. The molecular weight excluding hydrogens is 372 g/mol. The van der Waals surface area contributed by atoms with Crippen LogP contribution in [0.4, 0.5) is 5.69 Å². The van der Waals surface area contributed by atoms with E-state index in [1.54, 1.807) is 24.3 Å². The molecular formula is C17H24N4O3S2. The van der Waals surface area contributed by atoms with E-state index in [1.807, 2.05) is 7.05 Å². The molecule has 1 aromatic carbocycles. The summed E-state index contributed by atoms with van der Waals surface area (Å²) in [5.41, 5.74) is 0.640. The van der Waals surface area contributed by atoms with Gasteiger partial charge in [-0.3, -0.25) is 4.79 Å². The van der Waals surface area contributed by atoms with E-state index >= 15 is 0 Å². The lowest BCUT2D eigenvalue weighted by Gasteiger charge is -2.31. The van der Waals surface area contributed by atoms with Crippen molar-refractivity contribution in [1.82, 2.24) is 14.5 Å². The zero-order valence-corrected chi connectivity index (χ0v) is 16.4. The van der Waals surface area contributed by atoms with E-state index in [0.717, 1.165) is 32.4 Å². The fraction of sp³-hybridized carbons (Fsp3) is 0.529. The third-order valence-corrected chi connectivity index (χ3v) is 7.04. The molecule has 2 aliphatic rings. The highest BCUT2D eigenvalue weighted by atomic mass is 32.2. The second-order valence-electron chi connectivity index (χ2n) is 6.80. The Balaban J connectivity index is 1.59. The van der Waals surface area contributed by atoms with Gasteiger partial charge in [0.05, 0.1) is 4.90 Å². The Morgan fingerprint density at radius 1 is 1.12 bits per heavy atom. The van der Waals surface area contributed by atoms with Crippen molar-refractivity contribution in [2.75, 3.05) is 38.5 Å². The molecule has 26 heavy (non-hydrogen) atoms. The summed E-state index contributed by atoms with van der Waals surface area (Å²) in [6, 6.07) is 6.44. The minimum absolute atomic E-state index is 0.0528. The van der Waals surface area contributed by atoms with Crippen molar-refractivity contribution in [2.24, 2.45) is 5.92 Å². The van der Waals surface area contributed by atoms with Crippen LogP contribution >= 0.6 is 12.2 Å². The predicted octanol–water partition coefficient (Wildman–Crippen LogP) is 1.24. The van der Waals surface area contributed by atoms with E-state index in [9.17, 15) is 13.2 Å². The molecule has 1 aliphatic heterocycles. The zero-order chi connectivity index (χ0) is 18.7. The molecule has 1 aliphatic carbocycles. The third-order valence-electron chi connectivity index (χ3n) is 4.92. The van der Waals surface area contributed by atoms with E-state index in [2.05, 4.69) is 15.5 Å². The number of carbonyl (C=O) groups is 1. The van der Waals surface area contributed by atoms with Gasteiger partial charge in [0.15, 0.2) is 5.11 Å². The number of nitrogens with one attached hydrogen (secondary N) is 2. The number of hydrogen-bond donors (Lipinski definition) is 2. The van der Waals surface area contributed by atoms with E-state index in [4.69, 9.17) is 12.2 Å². The van der Waals surface area contributed by atoms with E-state index in [0.29, 0.717) is 18.8 Å². The number of thiocarbonyl (C=S) groups is 1. The van der Waals surface area contributed by atoms with Gasteiger partial charge in [-0.25, -0.2) is 8.42 Å². The minimum Gasteiger partial charge on any atom is -0.332 e. The molecule has 1 amide bonds. The molecule has 0 aromatic heterocycles. The van der Waals surface area contributed by atoms with Gasteiger partial charge in [-0.15, -0.1) is 0 Å². The van der Waals surface area contributed by atoms with Crippen LogP contribution in [0.15, 0.2) is 29.2 Å². The summed E-state index contributed by atoms with van der Waals surface area (Å²) in [5.74, 6) is 0.00821. The number of amides is 1. The Hall–Kier alpha value is -1.55. The van der Waals surface area contributed by atoms with Crippen molar-refractivity contribution >= 4 is 38.9 Å². The van der Waals surface area contributed by atoms with E-state index in [-0.39, 0.29) is 21.8 Å². The Kier molecular flexibility index (Phi) is 5.91. The van der Waals surface area contributed by atoms with E-state index in [1.165, 1.54) is 4.31 Å². The molecule has 9 heteroatoms. The van der Waals surface area contributed by atoms with Gasteiger partial charge in [0.2, 0.25) is 15.9 Å². The molecule has 0 spiro atoms. The number of piperazine rings is 1. The molecule has 3 rings (SSSR count). The lowest BCUT2D eigenvalue weighted by atomic mass is 9.85. The second kappa shape index (κ2) is 7.99. The Labute approximate surface area is 159 Å². The van der Waals surface area contributed by atoms with Crippen molar-refractivity contribution in [3.63, 3.8) is 0 Å². The minimum atomic E-state index is -3.48. The topological polar surface area (TPSA) is 81.8 Å². The molecule has 0 bridgehead atoms. The third kappa shape index (κ3) is 4.40. The highest BCUT2D eigenvalue weighted by Crippen LogP contribution is 2.26. The van der Waals surface area contributed by atoms with Crippen LogP contribution in [0.1, 0.15) is 19.3 Å². The van der Waals surface area contributed by atoms with Crippen molar-refractivity contribution in [2.45, 2.75) is 24.2 Å². The number of likely N-dealkylation sites (N-methyl/N-ethyl adjacent to an activating group) is 1. The fourth-order valence-corrected chi connectivity index (χ4v) is 4.58. The zero-order valence-electron chi connectivity index (χ0n) is 14.8. The lowest BCUT2D eigenvalue weighted by Crippen LogP contribution is -2.47. The van der Waals surface area contributed by atoms with Crippen LogP contribution in [-0.2, 0) is 14.8 Å². The number of hydrogen-bond acceptors (Lipinski definition) is 5. The molecule has 1 heterocycles. The maximum atomic E-state index is 12.7. The summed E-state index contributed by atoms with van der Waals surface area (Å²) in [6.07, 6.45) is 2.90. The largest absolute Gasteiger partial charge is 0.332 e. The highest BCUT2D eigenvalue weighted by molar-refractivity contribution is 7.89. The van der Waals surface area contributed by atoms with Gasteiger partial charge in [0.25, 0.3) is 0 Å². The maximum absolute atomic E-state index is 12.7. The molecule has 0 radical (unpaired) electrons. The summed E-state index contributed by atoms with van der Waals surface area (Å²) in [4.78, 5) is 14.3. The summed E-state index contributed by atoms with van der Waals surface area (Å²) in [6.45, 7) is 2.45. The number of carbonyl (C=O) groups excluding carboxylic acids is 1. The molecule has 7 nitrogen and oxygen atoms in total. The summed E-state index contributed by atoms with van der Waals surface area (Å²) in [5, 5.41) is 5.84. The van der Waals surface area contributed by atoms with Crippen molar-refractivity contribution in [3.8, 4) is 0 Å². The quantitative estimate of drug-likeness (QED) is 0.745. The Morgan fingerprint density at radius 3 is 2.27 bits per heavy atom. The Bertz CT molecular complexity index is 768. The lowest BCUT2D eigenvalue weighted by molar-refractivity contribution is -0.125. The molecule has 1 aromatic rings. The van der Waals surface area contributed by atoms with Crippen LogP contribution in [0.3, 0.4) is 0 Å². The fourth-order valence-electron chi connectivity index (χ4n) is 2.93. The van der Waals surface area contributed by atoms with Crippen LogP contribution in [0.2, 0.25) is 0 Å². The number of nitrogens with zero attached hydrogens (tertiary/aromatic N) is 2. The number of anilines is 1. The first kappa shape index (κ1) is 19.2. The Morgan fingerprint density at radius 2 is 1.73 bits per heavy atom. The molecule has 2 N–H and O–H groups in total. The first-order valence-electron chi connectivity index (χ1n) is 8.77. The number of rotatable bonds is 4. The van der Waals surface area contributed by atoms with Crippen LogP contribution in [0, 0.1) is 5.92 Å². The summed E-state index contributed by atoms with van der Waals surface area (Å²) >= 11 is 5.15. The molecule has 1 saturated carbocycles. The van der Waals surface area contributed by atoms with Gasteiger partial charge < -0.3 is 15.5 Å². The molecule has 142 valence electrons. The van der Waals surface area contributed by atoms with Crippen molar-refractivity contribution < 1.29 is 13.2 Å². The second-order valence-corrected chi connectivity index (χ2v) is 9.15. The SMILES string of the molecule is CN1CCN(S(=O)(=O)c2ccc(NC(=S)NC(=O)C3CCC3)cc2)CC1. The first-order valence-corrected chi connectivity index (χ1v) is 10.6. The standard InChI is InChI=1S/C17H24N4O3S2/c1-20-9-11-21(12-10-20)26(23,24)15-7-5-14(6-8-15)18-17(25)19-16(22)13-3-2-4-13/h5-8,13H,2-4,9-12H2,1H3,(H2,18,19,22,25). The van der Waals surface area contributed by atoms with Crippen molar-refractivity contribution in [1.29, 1.82) is 0 Å². The smallest absolute Gasteiger partial charge is 0.243 e. The summed E-state index contributed by atoms with van der Waals surface area (Å²) in [7, 11) is -1.50. The van der Waals surface area contributed by atoms with Crippen LogP contribution in [-0.4, -0.2) is 61.9 Å². The van der Waals surface area contributed by atoms with Crippen LogP contribution in [0.25, 0.3) is 0 Å².